The van der Waals surface area contributed by atoms with Crippen molar-refractivity contribution >= 4 is 21.4 Å². The third-order valence-electron chi connectivity index (χ3n) is 2.82. The predicted octanol–water partition coefficient (Wildman–Crippen LogP) is 2.10. The third-order valence-corrected chi connectivity index (χ3v) is 4.41. The number of anilines is 1. The fourth-order valence-corrected chi connectivity index (χ4v) is 3.16. The lowest BCUT2D eigenvalue weighted by atomic mass is 10.2. The Morgan fingerprint density at radius 1 is 1.40 bits per heavy atom. The van der Waals surface area contributed by atoms with E-state index in [2.05, 4.69) is 10.0 Å². The highest BCUT2D eigenvalue weighted by Gasteiger charge is 2.22. The van der Waals surface area contributed by atoms with Crippen molar-refractivity contribution in [3.05, 3.63) is 28.3 Å². The Kier molecular flexibility index (Phi) is 5.46. The van der Waals surface area contributed by atoms with Gasteiger partial charge in [0.15, 0.2) is 0 Å². The topological polar surface area (TPSA) is 101 Å². The predicted molar refractivity (Wildman–Crippen MR) is 77.3 cm³/mol. The molecule has 7 nitrogen and oxygen atoms in total. The Morgan fingerprint density at radius 2 is 2.05 bits per heavy atom. The molecular weight excluding hydrogens is 282 g/mol. The van der Waals surface area contributed by atoms with E-state index in [0.717, 1.165) is 12.5 Å². The zero-order valence-corrected chi connectivity index (χ0v) is 12.5. The average molecular weight is 301 g/mol. The van der Waals surface area contributed by atoms with E-state index in [4.69, 9.17) is 0 Å². The van der Waals surface area contributed by atoms with E-state index >= 15 is 0 Å². The van der Waals surface area contributed by atoms with Crippen LogP contribution in [-0.2, 0) is 10.0 Å². The van der Waals surface area contributed by atoms with Gasteiger partial charge in [-0.2, -0.15) is 0 Å². The van der Waals surface area contributed by atoms with Gasteiger partial charge in [0.05, 0.1) is 9.82 Å². The molecule has 0 heterocycles. The molecular formula is C12H19N3O4S. The van der Waals surface area contributed by atoms with Crippen molar-refractivity contribution in [3.63, 3.8) is 0 Å². The molecule has 0 saturated heterocycles. The van der Waals surface area contributed by atoms with Crippen LogP contribution in [0.1, 0.15) is 26.7 Å². The van der Waals surface area contributed by atoms with Crippen LogP contribution < -0.4 is 10.0 Å². The lowest BCUT2D eigenvalue weighted by molar-refractivity contribution is -0.384. The SMILES string of the molecule is CCCC(C)NS(=O)(=O)c1ccc(NC)c([N+](=O)[O-])c1. The van der Waals surface area contributed by atoms with Gasteiger partial charge in [-0.3, -0.25) is 10.1 Å². The third kappa shape index (κ3) is 3.91. The average Bonchev–Trinajstić information content (AvgIpc) is 2.37. The van der Waals surface area contributed by atoms with Crippen molar-refractivity contribution in [3.8, 4) is 0 Å². The summed E-state index contributed by atoms with van der Waals surface area (Å²) in [4.78, 5) is 10.2. The maximum Gasteiger partial charge on any atom is 0.293 e. The van der Waals surface area contributed by atoms with Crippen LogP contribution >= 0.6 is 0 Å². The summed E-state index contributed by atoms with van der Waals surface area (Å²) in [6.45, 7) is 3.72. The molecule has 8 heteroatoms. The van der Waals surface area contributed by atoms with Gasteiger partial charge in [-0.1, -0.05) is 13.3 Å². The summed E-state index contributed by atoms with van der Waals surface area (Å²) >= 11 is 0. The van der Waals surface area contributed by atoms with E-state index in [0.29, 0.717) is 6.42 Å². The highest BCUT2D eigenvalue weighted by molar-refractivity contribution is 7.89. The van der Waals surface area contributed by atoms with Gasteiger partial charge in [-0.25, -0.2) is 13.1 Å². The zero-order chi connectivity index (χ0) is 15.3. The quantitative estimate of drug-likeness (QED) is 0.593. The van der Waals surface area contributed by atoms with Crippen LogP contribution in [0.2, 0.25) is 0 Å². The van der Waals surface area contributed by atoms with E-state index in [9.17, 15) is 18.5 Å². The number of nitrogens with one attached hydrogen (secondary N) is 2. The second-order valence-electron chi connectivity index (χ2n) is 4.50. The number of sulfonamides is 1. The highest BCUT2D eigenvalue weighted by atomic mass is 32.2. The fourth-order valence-electron chi connectivity index (χ4n) is 1.87. The molecule has 0 amide bonds. The van der Waals surface area contributed by atoms with Gasteiger partial charge >= 0.3 is 0 Å². The first-order valence-electron chi connectivity index (χ1n) is 6.30. The monoisotopic (exact) mass is 301 g/mol. The summed E-state index contributed by atoms with van der Waals surface area (Å²) in [6.07, 6.45) is 1.55. The summed E-state index contributed by atoms with van der Waals surface area (Å²) in [5, 5.41) is 13.6. The summed E-state index contributed by atoms with van der Waals surface area (Å²) in [6, 6.07) is 3.58. The molecule has 0 saturated carbocycles. The van der Waals surface area contributed by atoms with Crippen molar-refractivity contribution < 1.29 is 13.3 Å². The van der Waals surface area contributed by atoms with Crippen LogP contribution in [0, 0.1) is 10.1 Å². The first-order valence-corrected chi connectivity index (χ1v) is 7.78. The molecule has 1 rings (SSSR count). The lowest BCUT2D eigenvalue weighted by Gasteiger charge is -2.13. The molecule has 1 aromatic carbocycles. The summed E-state index contributed by atoms with van der Waals surface area (Å²) in [5.41, 5.74) is 0.00840. The van der Waals surface area contributed by atoms with Crippen LogP contribution in [0.15, 0.2) is 23.1 Å². The van der Waals surface area contributed by atoms with Crippen LogP contribution in [0.5, 0.6) is 0 Å². The molecule has 1 aromatic rings. The van der Waals surface area contributed by atoms with Crippen LogP contribution in [0.4, 0.5) is 11.4 Å². The first kappa shape index (κ1) is 16.4. The van der Waals surface area contributed by atoms with Gasteiger partial charge in [0.25, 0.3) is 5.69 Å². The summed E-state index contributed by atoms with van der Waals surface area (Å²) in [5.74, 6) is 0. The minimum atomic E-state index is -3.74. The normalized spacial score (nSPS) is 12.9. The first-order chi connectivity index (χ1) is 9.31. The van der Waals surface area contributed by atoms with Crippen LogP contribution in [-0.4, -0.2) is 26.4 Å². The molecule has 0 spiro atoms. The maximum atomic E-state index is 12.1. The standard InChI is InChI=1S/C12H19N3O4S/c1-4-5-9(2)14-20(18,19)10-6-7-11(13-3)12(8-10)15(16)17/h6-9,13-14H,4-5H2,1-3H3. The van der Waals surface area contributed by atoms with E-state index in [-0.39, 0.29) is 22.3 Å². The van der Waals surface area contributed by atoms with E-state index < -0.39 is 14.9 Å². The zero-order valence-electron chi connectivity index (χ0n) is 11.7. The molecule has 1 unspecified atom stereocenters. The lowest BCUT2D eigenvalue weighted by Crippen LogP contribution is -2.32. The largest absolute Gasteiger partial charge is 0.383 e. The number of nitro benzene ring substituents is 1. The van der Waals surface area contributed by atoms with Gasteiger partial charge in [0.2, 0.25) is 10.0 Å². The Morgan fingerprint density at radius 3 is 2.55 bits per heavy atom. The van der Waals surface area contributed by atoms with Gasteiger partial charge < -0.3 is 5.32 Å². The van der Waals surface area contributed by atoms with Gasteiger partial charge in [0.1, 0.15) is 5.69 Å². The van der Waals surface area contributed by atoms with E-state index in [1.54, 1.807) is 6.92 Å². The van der Waals surface area contributed by atoms with Gasteiger partial charge in [-0.05, 0) is 25.5 Å². The molecule has 112 valence electrons. The van der Waals surface area contributed by atoms with Crippen molar-refractivity contribution in [2.75, 3.05) is 12.4 Å². The molecule has 0 radical (unpaired) electrons. The number of hydrogen-bond acceptors (Lipinski definition) is 5. The Labute approximate surface area is 118 Å². The molecule has 0 aliphatic heterocycles. The van der Waals surface area contributed by atoms with Gasteiger partial charge in [0, 0.05) is 19.2 Å². The second kappa shape index (κ2) is 6.67. The maximum absolute atomic E-state index is 12.1. The molecule has 20 heavy (non-hydrogen) atoms. The van der Waals surface area contributed by atoms with Crippen molar-refractivity contribution in [2.45, 2.75) is 37.6 Å². The van der Waals surface area contributed by atoms with Crippen molar-refractivity contribution in [1.29, 1.82) is 0 Å². The fraction of sp³-hybridized carbons (Fsp3) is 0.500. The Hall–Kier alpha value is -1.67. The number of benzene rings is 1. The van der Waals surface area contributed by atoms with Gasteiger partial charge in [-0.15, -0.1) is 0 Å². The summed E-state index contributed by atoms with van der Waals surface area (Å²) in [7, 11) is -2.21. The second-order valence-corrected chi connectivity index (χ2v) is 6.21. The van der Waals surface area contributed by atoms with Crippen LogP contribution in [0.25, 0.3) is 0 Å². The Bertz CT molecular complexity index is 586. The van der Waals surface area contributed by atoms with E-state index in [1.165, 1.54) is 19.2 Å². The summed E-state index contributed by atoms with van der Waals surface area (Å²) < 4.78 is 26.8. The molecule has 2 N–H and O–H groups in total. The number of nitro groups is 1. The molecule has 0 aliphatic rings. The molecule has 0 aliphatic carbocycles. The molecule has 0 bridgehead atoms. The van der Waals surface area contributed by atoms with Crippen molar-refractivity contribution in [2.24, 2.45) is 0 Å². The molecule has 0 aromatic heterocycles. The van der Waals surface area contributed by atoms with Crippen LogP contribution in [0.3, 0.4) is 0 Å². The minimum absolute atomic E-state index is 0.105. The smallest absolute Gasteiger partial charge is 0.293 e. The highest BCUT2D eigenvalue weighted by Crippen LogP contribution is 2.27. The molecule has 1 atom stereocenters. The Balaban J connectivity index is 3.13. The number of rotatable bonds is 7. The molecule has 0 fully saturated rings. The van der Waals surface area contributed by atoms with E-state index in [1.807, 2.05) is 6.92 Å². The minimum Gasteiger partial charge on any atom is -0.383 e. The number of hydrogen-bond donors (Lipinski definition) is 2. The number of nitrogens with zero attached hydrogens (tertiary/aromatic N) is 1. The van der Waals surface area contributed by atoms with Crippen molar-refractivity contribution in [1.82, 2.24) is 4.72 Å².